The highest BCUT2D eigenvalue weighted by atomic mass is 32.2. The molecule has 0 aromatic heterocycles. The number of aliphatic hydroxyl groups excluding tert-OH is 1. The van der Waals surface area contributed by atoms with E-state index in [-0.39, 0.29) is 33.9 Å². The molecule has 0 heterocycles. The highest BCUT2D eigenvalue weighted by Crippen LogP contribution is 2.33. The van der Waals surface area contributed by atoms with Crippen LogP contribution >= 0.6 is 0 Å². The van der Waals surface area contributed by atoms with Gasteiger partial charge in [-0.2, -0.15) is 8.42 Å². The molecule has 0 aliphatic rings. The Morgan fingerprint density at radius 1 is 0.833 bits per heavy atom. The molecule has 0 saturated heterocycles. The second kappa shape index (κ2) is 9.78. The molecule has 36 heavy (non-hydrogen) atoms. The number of phenolic OH excluding ortho intramolecular Hbond substituents is 1. The number of rotatable bonds is 7. The highest BCUT2D eigenvalue weighted by Gasteiger charge is 2.18. The summed E-state index contributed by atoms with van der Waals surface area (Å²) in [6, 6.07) is 18.5. The molecule has 4 rings (SSSR count). The number of carbonyl (C=O) groups excluding carboxylic acids is 1. The normalized spacial score (nSPS) is 12.3. The first-order chi connectivity index (χ1) is 17.0. The van der Waals surface area contributed by atoms with Gasteiger partial charge in [-0.15, -0.1) is 0 Å². The summed E-state index contributed by atoms with van der Waals surface area (Å²) in [7, 11) is -4.32. The quantitative estimate of drug-likeness (QED) is 0.214. The second-order valence-electron chi connectivity index (χ2n) is 8.00. The maximum absolute atomic E-state index is 12.6. The Morgan fingerprint density at radius 3 is 2.08 bits per heavy atom. The maximum Gasteiger partial charge on any atom is 0.338 e. The van der Waals surface area contributed by atoms with E-state index in [1.54, 1.807) is 12.1 Å². The molecule has 0 fully saturated rings. The van der Waals surface area contributed by atoms with Gasteiger partial charge >= 0.3 is 11.9 Å². The Balaban J connectivity index is 1.54. The van der Waals surface area contributed by atoms with Gasteiger partial charge in [-0.25, -0.2) is 9.59 Å². The van der Waals surface area contributed by atoms with Gasteiger partial charge in [0.25, 0.3) is 10.1 Å². The molecule has 0 bridgehead atoms. The molecule has 4 N–H and O–H groups in total. The predicted molar refractivity (Wildman–Crippen MR) is 128 cm³/mol. The molecule has 184 valence electrons. The molecule has 9 nitrogen and oxygen atoms in total. The minimum atomic E-state index is -4.32. The van der Waals surface area contributed by atoms with Crippen molar-refractivity contribution in [1.82, 2.24) is 0 Å². The number of carboxylic acids is 1. The first kappa shape index (κ1) is 24.9. The monoisotopic (exact) mass is 508 g/mol. The lowest BCUT2D eigenvalue weighted by molar-refractivity contribution is 0.0472. The molecule has 0 aliphatic carbocycles. The molecule has 0 aliphatic heterocycles. The van der Waals surface area contributed by atoms with Gasteiger partial charge in [0.1, 0.15) is 18.5 Å². The Labute approximate surface area is 205 Å². The van der Waals surface area contributed by atoms with E-state index in [0.29, 0.717) is 21.9 Å². The van der Waals surface area contributed by atoms with Crippen LogP contribution in [0, 0.1) is 0 Å². The van der Waals surface area contributed by atoms with Gasteiger partial charge in [0.05, 0.1) is 16.0 Å². The van der Waals surface area contributed by atoms with Crippen molar-refractivity contribution < 1.29 is 42.6 Å². The number of aromatic hydroxyl groups is 1. The largest absolute Gasteiger partial charge is 0.508 e. The van der Waals surface area contributed by atoms with Crippen LogP contribution in [0.15, 0.2) is 83.8 Å². The van der Waals surface area contributed by atoms with E-state index in [1.165, 1.54) is 66.7 Å². The number of benzene rings is 4. The molecule has 4 aromatic carbocycles. The van der Waals surface area contributed by atoms with Crippen LogP contribution in [0.2, 0.25) is 0 Å². The van der Waals surface area contributed by atoms with Crippen LogP contribution in [-0.4, -0.2) is 40.2 Å². The van der Waals surface area contributed by atoms with Gasteiger partial charge < -0.3 is 20.1 Å². The Bertz CT molecular complexity index is 1560. The highest BCUT2D eigenvalue weighted by molar-refractivity contribution is 7.85. The third-order valence-corrected chi connectivity index (χ3v) is 6.45. The van der Waals surface area contributed by atoms with Gasteiger partial charge in [-0.05, 0) is 70.4 Å². The summed E-state index contributed by atoms with van der Waals surface area (Å²) < 4.78 is 36.6. The van der Waals surface area contributed by atoms with Crippen LogP contribution in [0.25, 0.3) is 10.8 Å². The van der Waals surface area contributed by atoms with Crippen molar-refractivity contribution >= 4 is 32.8 Å². The lowest BCUT2D eigenvalue weighted by atomic mass is 9.96. The van der Waals surface area contributed by atoms with Crippen molar-refractivity contribution in [2.45, 2.75) is 17.6 Å². The molecular weight excluding hydrogens is 488 g/mol. The summed E-state index contributed by atoms with van der Waals surface area (Å²) in [6.07, 6.45) is -1.24. The van der Waals surface area contributed by atoms with Crippen molar-refractivity contribution in [3.63, 3.8) is 0 Å². The fourth-order valence-electron chi connectivity index (χ4n) is 3.63. The topological polar surface area (TPSA) is 158 Å². The molecule has 4 aromatic rings. The first-order valence-corrected chi connectivity index (χ1v) is 12.0. The lowest BCUT2D eigenvalue weighted by Crippen LogP contribution is -2.06. The number of esters is 1. The molecule has 0 radical (unpaired) electrons. The van der Waals surface area contributed by atoms with E-state index in [1.807, 2.05) is 0 Å². The van der Waals surface area contributed by atoms with Crippen molar-refractivity contribution in [3.8, 4) is 5.75 Å². The summed E-state index contributed by atoms with van der Waals surface area (Å²) in [5, 5.41) is 31.4. The number of ether oxygens (including phenoxy) is 1. The Morgan fingerprint density at radius 2 is 1.47 bits per heavy atom. The number of carboxylic acid groups (broad SMARTS) is 1. The van der Waals surface area contributed by atoms with Crippen LogP contribution in [0.3, 0.4) is 0 Å². The van der Waals surface area contributed by atoms with Crippen LogP contribution in [0.5, 0.6) is 5.75 Å². The van der Waals surface area contributed by atoms with Gasteiger partial charge in [0.2, 0.25) is 0 Å². The fourth-order valence-corrected chi connectivity index (χ4v) is 4.11. The standard InChI is InChI=1S/C26H20O9S/c27-23-13-18-7-8-19(26(31)35-14-15-1-9-21(10-2-15)36(32,33)34)11-20(18)12-22(23)24(28)16-3-5-17(6-4-16)25(29)30/h1-13,24,27-28H,14H2,(H,29,30)(H,32,33,34). The van der Waals surface area contributed by atoms with Gasteiger partial charge in [-0.1, -0.05) is 30.3 Å². The van der Waals surface area contributed by atoms with E-state index in [4.69, 9.17) is 14.4 Å². The molecular formula is C26H20O9S. The summed E-state index contributed by atoms with van der Waals surface area (Å²) in [4.78, 5) is 23.3. The number of hydrogen-bond acceptors (Lipinski definition) is 7. The second-order valence-corrected chi connectivity index (χ2v) is 9.42. The number of aliphatic hydroxyl groups is 1. The van der Waals surface area contributed by atoms with Crippen molar-refractivity contribution in [2.24, 2.45) is 0 Å². The summed E-state index contributed by atoms with van der Waals surface area (Å²) in [5.41, 5.74) is 1.35. The SMILES string of the molecule is O=C(O)c1ccc(C(O)c2cc3cc(C(=O)OCc4ccc(S(=O)(=O)O)cc4)ccc3cc2O)cc1. The van der Waals surface area contributed by atoms with Crippen molar-refractivity contribution in [2.75, 3.05) is 0 Å². The zero-order chi connectivity index (χ0) is 26.0. The van der Waals surface area contributed by atoms with E-state index < -0.39 is 28.2 Å². The van der Waals surface area contributed by atoms with Crippen LogP contribution in [0.4, 0.5) is 0 Å². The average Bonchev–Trinajstić information content (AvgIpc) is 2.86. The molecule has 0 amide bonds. The van der Waals surface area contributed by atoms with E-state index in [2.05, 4.69) is 0 Å². The molecule has 1 unspecified atom stereocenters. The Hall–Kier alpha value is -4.25. The maximum atomic E-state index is 12.6. The van der Waals surface area contributed by atoms with Crippen molar-refractivity contribution in [1.29, 1.82) is 0 Å². The summed E-state index contributed by atoms with van der Waals surface area (Å²) >= 11 is 0. The van der Waals surface area contributed by atoms with Gasteiger partial charge in [-0.3, -0.25) is 4.55 Å². The zero-order valence-corrected chi connectivity index (χ0v) is 19.3. The molecule has 0 saturated carbocycles. The Kier molecular flexibility index (Phi) is 6.75. The van der Waals surface area contributed by atoms with Crippen LogP contribution in [-0.2, 0) is 21.5 Å². The van der Waals surface area contributed by atoms with Crippen LogP contribution in [0.1, 0.15) is 43.5 Å². The molecule has 0 spiro atoms. The zero-order valence-electron chi connectivity index (χ0n) is 18.5. The first-order valence-electron chi connectivity index (χ1n) is 10.5. The third-order valence-electron chi connectivity index (χ3n) is 5.58. The fraction of sp³-hybridized carbons (Fsp3) is 0.0769. The van der Waals surface area contributed by atoms with Gasteiger partial charge in [0.15, 0.2) is 0 Å². The van der Waals surface area contributed by atoms with Gasteiger partial charge in [0, 0.05) is 5.56 Å². The minimum Gasteiger partial charge on any atom is -0.508 e. The lowest BCUT2D eigenvalue weighted by Gasteiger charge is -2.15. The van der Waals surface area contributed by atoms with E-state index >= 15 is 0 Å². The molecule has 1 atom stereocenters. The average molecular weight is 509 g/mol. The van der Waals surface area contributed by atoms with Crippen molar-refractivity contribution in [3.05, 3.63) is 107 Å². The smallest absolute Gasteiger partial charge is 0.338 e. The third kappa shape index (κ3) is 5.36. The summed E-state index contributed by atoms with van der Waals surface area (Å²) in [6.45, 7) is -0.130. The number of phenols is 1. The predicted octanol–water partition coefficient (Wildman–Crippen LogP) is 3.93. The minimum absolute atomic E-state index is 0.0613. The van der Waals surface area contributed by atoms with Crippen LogP contribution < -0.4 is 0 Å². The van der Waals surface area contributed by atoms with E-state index in [9.17, 15) is 28.2 Å². The summed E-state index contributed by atoms with van der Waals surface area (Å²) in [5.74, 6) is -1.91. The number of carbonyl (C=O) groups is 2. The number of fused-ring (bicyclic) bond motifs is 1. The molecule has 10 heteroatoms. The number of hydrogen-bond donors (Lipinski definition) is 4. The number of aromatic carboxylic acids is 1. The van der Waals surface area contributed by atoms with E-state index in [0.717, 1.165) is 0 Å².